The number of aromatic nitrogens is 1. The fraction of sp³-hybridized carbons (Fsp3) is 0.120. The van der Waals surface area contributed by atoms with Crippen LogP contribution in [0.3, 0.4) is 0 Å². The highest BCUT2D eigenvalue weighted by atomic mass is 32.2. The van der Waals surface area contributed by atoms with Crippen molar-refractivity contribution < 1.29 is 27.8 Å². The molecule has 0 aliphatic rings. The molecular weight excluding hydrogens is 456 g/mol. The Labute approximate surface area is 196 Å². The van der Waals surface area contributed by atoms with Gasteiger partial charge in [-0.15, -0.1) is 0 Å². The van der Waals surface area contributed by atoms with E-state index < -0.39 is 16.0 Å². The summed E-state index contributed by atoms with van der Waals surface area (Å²) in [5.41, 5.74) is 1.38. The average Bonchev–Trinajstić information content (AvgIpc) is 2.83. The first-order valence-corrected chi connectivity index (χ1v) is 11.9. The fourth-order valence-electron chi connectivity index (χ4n) is 3.39. The summed E-state index contributed by atoms with van der Waals surface area (Å²) in [7, 11) is -3.83. The maximum atomic E-state index is 12.9. The number of nitrogens with one attached hydrogen (secondary N) is 1. The van der Waals surface area contributed by atoms with Gasteiger partial charge in [0, 0.05) is 22.8 Å². The Balaban J connectivity index is 1.34. The van der Waals surface area contributed by atoms with E-state index in [-0.39, 0.29) is 24.5 Å². The molecule has 1 heterocycles. The number of rotatable bonds is 10. The maximum Gasteiger partial charge on any atom is 0.307 e. The predicted molar refractivity (Wildman–Crippen MR) is 128 cm³/mol. The summed E-state index contributed by atoms with van der Waals surface area (Å²) < 4.78 is 39.7. The van der Waals surface area contributed by atoms with Gasteiger partial charge in [-0.25, -0.2) is 8.42 Å². The van der Waals surface area contributed by atoms with Gasteiger partial charge in [-0.1, -0.05) is 36.4 Å². The van der Waals surface area contributed by atoms with Gasteiger partial charge < -0.3 is 14.6 Å². The van der Waals surface area contributed by atoms with Gasteiger partial charge in [0.05, 0.1) is 11.9 Å². The number of nitrogens with zero attached hydrogens (tertiary/aromatic N) is 1. The van der Waals surface area contributed by atoms with Crippen LogP contribution >= 0.6 is 0 Å². The molecule has 2 N–H and O–H groups in total. The lowest BCUT2D eigenvalue weighted by Gasteiger charge is -2.12. The highest BCUT2D eigenvalue weighted by Crippen LogP contribution is 2.24. The number of carboxylic acid groups (broad SMARTS) is 1. The highest BCUT2D eigenvalue weighted by Gasteiger charge is 2.18. The van der Waals surface area contributed by atoms with Crippen molar-refractivity contribution in [1.82, 2.24) is 4.98 Å². The molecule has 0 saturated heterocycles. The second-order valence-electron chi connectivity index (χ2n) is 7.34. The van der Waals surface area contributed by atoms with E-state index in [9.17, 15) is 13.2 Å². The average molecular weight is 479 g/mol. The summed E-state index contributed by atoms with van der Waals surface area (Å²) in [6, 6.07) is 22.0. The van der Waals surface area contributed by atoms with Crippen LogP contribution < -0.4 is 14.2 Å². The molecule has 174 valence electrons. The zero-order chi connectivity index (χ0) is 24.0. The smallest absolute Gasteiger partial charge is 0.307 e. The van der Waals surface area contributed by atoms with Crippen LogP contribution in [0.4, 0.5) is 5.69 Å². The number of carbonyl (C=O) groups is 1. The molecule has 0 saturated carbocycles. The molecule has 0 bridgehead atoms. The van der Waals surface area contributed by atoms with Crippen molar-refractivity contribution in [1.29, 1.82) is 0 Å². The molecule has 4 rings (SSSR count). The van der Waals surface area contributed by atoms with E-state index in [1.54, 1.807) is 66.9 Å². The summed E-state index contributed by atoms with van der Waals surface area (Å²) in [5.74, 6) is 0.109. The van der Waals surface area contributed by atoms with Gasteiger partial charge in [-0.3, -0.25) is 14.5 Å². The third-order valence-electron chi connectivity index (χ3n) is 4.92. The Kier molecular flexibility index (Phi) is 6.93. The molecule has 0 atom stereocenters. The SMILES string of the molecule is O=C(O)Cc1ccccc1OCCOc1ccc(NS(=O)(=O)c2cccc3cccnc23)cc1. The third kappa shape index (κ3) is 5.62. The van der Waals surface area contributed by atoms with Crippen LogP contribution in [0.25, 0.3) is 10.9 Å². The molecule has 0 fully saturated rings. The quantitative estimate of drug-likeness (QED) is 0.330. The Hall–Kier alpha value is -4.11. The van der Waals surface area contributed by atoms with Crippen molar-refractivity contribution in [2.24, 2.45) is 0 Å². The van der Waals surface area contributed by atoms with Gasteiger partial charge >= 0.3 is 5.97 Å². The molecule has 3 aromatic carbocycles. The van der Waals surface area contributed by atoms with Crippen LogP contribution in [0.2, 0.25) is 0 Å². The number of hydrogen-bond donors (Lipinski definition) is 2. The summed E-state index contributed by atoms with van der Waals surface area (Å²) in [6.07, 6.45) is 1.44. The van der Waals surface area contributed by atoms with Gasteiger partial charge in [0.25, 0.3) is 10.0 Å². The Morgan fingerprint density at radius 1 is 0.882 bits per heavy atom. The summed E-state index contributed by atoms with van der Waals surface area (Å²) in [6.45, 7) is 0.452. The minimum Gasteiger partial charge on any atom is -0.490 e. The molecule has 1 aromatic heterocycles. The van der Waals surface area contributed by atoms with E-state index >= 15 is 0 Å². The first-order chi connectivity index (χ1) is 16.4. The van der Waals surface area contributed by atoms with E-state index in [4.69, 9.17) is 14.6 Å². The number of pyridine rings is 1. The van der Waals surface area contributed by atoms with Crippen LogP contribution in [0, 0.1) is 0 Å². The first kappa shape index (κ1) is 23.1. The lowest BCUT2D eigenvalue weighted by Crippen LogP contribution is -2.14. The topological polar surface area (TPSA) is 115 Å². The first-order valence-electron chi connectivity index (χ1n) is 10.4. The Morgan fingerprint density at radius 2 is 1.62 bits per heavy atom. The molecule has 0 aliphatic heterocycles. The lowest BCUT2D eigenvalue weighted by atomic mass is 10.1. The van der Waals surface area contributed by atoms with Crippen molar-refractivity contribution in [2.45, 2.75) is 11.3 Å². The summed E-state index contributed by atoms with van der Waals surface area (Å²) in [4.78, 5) is 15.3. The van der Waals surface area contributed by atoms with E-state index in [2.05, 4.69) is 9.71 Å². The number of fused-ring (bicyclic) bond motifs is 1. The van der Waals surface area contributed by atoms with Crippen molar-refractivity contribution in [3.05, 3.63) is 90.6 Å². The predicted octanol–water partition coefficient (Wildman–Crippen LogP) is 4.12. The Bertz CT molecular complexity index is 1400. The second-order valence-corrected chi connectivity index (χ2v) is 8.99. The van der Waals surface area contributed by atoms with Crippen molar-refractivity contribution in [3.63, 3.8) is 0 Å². The largest absolute Gasteiger partial charge is 0.490 e. The number of hydrogen-bond acceptors (Lipinski definition) is 6. The maximum absolute atomic E-state index is 12.9. The third-order valence-corrected chi connectivity index (χ3v) is 6.33. The number of anilines is 1. The van der Waals surface area contributed by atoms with E-state index in [0.29, 0.717) is 28.3 Å². The monoisotopic (exact) mass is 478 g/mol. The van der Waals surface area contributed by atoms with Gasteiger partial charge in [0.15, 0.2) is 0 Å². The molecule has 8 nitrogen and oxygen atoms in total. The zero-order valence-corrected chi connectivity index (χ0v) is 18.9. The van der Waals surface area contributed by atoms with E-state index in [0.717, 1.165) is 5.39 Å². The van der Waals surface area contributed by atoms with Crippen LogP contribution in [0.15, 0.2) is 90.0 Å². The second kappa shape index (κ2) is 10.2. The van der Waals surface area contributed by atoms with Crippen molar-refractivity contribution in [2.75, 3.05) is 17.9 Å². The minimum atomic E-state index is -3.83. The van der Waals surface area contributed by atoms with Crippen LogP contribution in [0.1, 0.15) is 5.56 Å². The fourth-order valence-corrected chi connectivity index (χ4v) is 4.63. The van der Waals surface area contributed by atoms with Crippen LogP contribution in [-0.4, -0.2) is 37.7 Å². The highest BCUT2D eigenvalue weighted by molar-refractivity contribution is 7.93. The summed E-state index contributed by atoms with van der Waals surface area (Å²) >= 11 is 0. The standard InChI is InChI=1S/C25H22N2O6S/c28-24(29)17-19-5-1-2-8-22(19)33-16-15-32-21-12-10-20(11-13-21)27-34(30,31)23-9-3-6-18-7-4-14-26-25(18)23/h1-14,27H,15-17H2,(H,28,29). The number of carboxylic acids is 1. The summed E-state index contributed by atoms with van der Waals surface area (Å²) in [5, 5.41) is 9.73. The van der Waals surface area contributed by atoms with Gasteiger partial charge in [0.2, 0.25) is 0 Å². The number of para-hydroxylation sites is 2. The molecule has 0 amide bonds. The molecule has 0 aliphatic carbocycles. The van der Waals surface area contributed by atoms with Crippen LogP contribution in [0.5, 0.6) is 11.5 Å². The molecule has 0 spiro atoms. The number of aliphatic carboxylic acids is 1. The normalized spacial score (nSPS) is 11.2. The van der Waals surface area contributed by atoms with Crippen molar-refractivity contribution >= 4 is 32.6 Å². The van der Waals surface area contributed by atoms with Gasteiger partial charge in [-0.2, -0.15) is 0 Å². The molecule has 0 radical (unpaired) electrons. The molecule has 4 aromatic rings. The zero-order valence-electron chi connectivity index (χ0n) is 18.0. The molecule has 34 heavy (non-hydrogen) atoms. The molecule has 9 heteroatoms. The van der Waals surface area contributed by atoms with Gasteiger partial charge in [0.1, 0.15) is 29.6 Å². The lowest BCUT2D eigenvalue weighted by molar-refractivity contribution is -0.136. The van der Waals surface area contributed by atoms with E-state index in [1.165, 1.54) is 6.07 Å². The van der Waals surface area contributed by atoms with Crippen molar-refractivity contribution in [3.8, 4) is 11.5 Å². The van der Waals surface area contributed by atoms with Crippen LogP contribution in [-0.2, 0) is 21.2 Å². The number of benzene rings is 3. The Morgan fingerprint density at radius 3 is 2.41 bits per heavy atom. The number of sulfonamides is 1. The number of ether oxygens (including phenoxy) is 2. The molecule has 0 unspecified atom stereocenters. The molecular formula is C25H22N2O6S. The minimum absolute atomic E-state index is 0.103. The van der Waals surface area contributed by atoms with Gasteiger partial charge in [-0.05, 0) is 42.5 Å². The van der Waals surface area contributed by atoms with E-state index in [1.807, 2.05) is 12.1 Å².